The minimum atomic E-state index is 0.940. The fraction of sp³-hybridized carbons (Fsp3) is 0.143. The van der Waals surface area contributed by atoms with Crippen LogP contribution in [-0.2, 0) is 0 Å². The van der Waals surface area contributed by atoms with E-state index in [1.165, 1.54) is 5.56 Å². The van der Waals surface area contributed by atoms with Crippen LogP contribution in [0.5, 0.6) is 0 Å². The van der Waals surface area contributed by atoms with E-state index in [9.17, 15) is 0 Å². The van der Waals surface area contributed by atoms with E-state index in [2.05, 4.69) is 28.5 Å². The molecule has 3 nitrogen and oxygen atoms in total. The van der Waals surface area contributed by atoms with E-state index in [1.54, 1.807) is 12.4 Å². The van der Waals surface area contributed by atoms with Crippen molar-refractivity contribution in [3.8, 4) is 0 Å². The number of nitrogens with one attached hydrogen (secondary N) is 1. The highest BCUT2D eigenvalue weighted by molar-refractivity contribution is 5.98. The molecule has 0 saturated carbocycles. The smallest absolute Gasteiger partial charge is 0.0649 e. The van der Waals surface area contributed by atoms with Gasteiger partial charge in [-0.1, -0.05) is 18.2 Å². The first-order valence-electron chi connectivity index (χ1n) is 5.53. The van der Waals surface area contributed by atoms with Crippen LogP contribution in [0.3, 0.4) is 0 Å². The lowest BCUT2D eigenvalue weighted by Gasteiger charge is -2.05. The lowest BCUT2D eigenvalue weighted by molar-refractivity contribution is 1.27. The third-order valence-electron chi connectivity index (χ3n) is 2.59. The summed E-state index contributed by atoms with van der Waals surface area (Å²) in [5.41, 5.74) is 7.30. The highest BCUT2D eigenvalue weighted by atomic mass is 15.3. The third kappa shape index (κ3) is 2.91. The van der Waals surface area contributed by atoms with Crippen LogP contribution in [0.2, 0.25) is 0 Å². The van der Waals surface area contributed by atoms with Crippen LogP contribution in [0.4, 0.5) is 5.69 Å². The van der Waals surface area contributed by atoms with Crippen molar-refractivity contribution in [2.75, 3.05) is 5.43 Å². The van der Waals surface area contributed by atoms with Crippen molar-refractivity contribution in [3.05, 3.63) is 59.9 Å². The van der Waals surface area contributed by atoms with E-state index in [-0.39, 0.29) is 0 Å². The summed E-state index contributed by atoms with van der Waals surface area (Å²) in [6.45, 7) is 4.03. The number of aromatic nitrogens is 1. The van der Waals surface area contributed by atoms with Gasteiger partial charge in [0.2, 0.25) is 0 Å². The van der Waals surface area contributed by atoms with E-state index in [0.717, 1.165) is 17.0 Å². The molecule has 1 aromatic heterocycles. The molecule has 1 N–H and O–H groups in total. The molecule has 86 valence electrons. The first kappa shape index (κ1) is 11.3. The molecule has 0 spiro atoms. The highest BCUT2D eigenvalue weighted by Crippen LogP contribution is 2.13. The van der Waals surface area contributed by atoms with Crippen LogP contribution < -0.4 is 5.43 Å². The number of hydrogen-bond acceptors (Lipinski definition) is 3. The molecule has 1 heterocycles. The summed E-state index contributed by atoms with van der Waals surface area (Å²) in [6.07, 6.45) is 3.53. The number of nitrogens with zero attached hydrogens (tertiary/aromatic N) is 2. The van der Waals surface area contributed by atoms with Crippen molar-refractivity contribution in [3.63, 3.8) is 0 Å². The zero-order chi connectivity index (χ0) is 12.1. The van der Waals surface area contributed by atoms with Gasteiger partial charge in [-0.2, -0.15) is 5.10 Å². The van der Waals surface area contributed by atoms with Crippen molar-refractivity contribution < 1.29 is 0 Å². The average molecular weight is 225 g/mol. The molecule has 1 aromatic carbocycles. The van der Waals surface area contributed by atoms with Crippen molar-refractivity contribution in [1.82, 2.24) is 4.98 Å². The Morgan fingerprint density at radius 1 is 1.12 bits per heavy atom. The lowest BCUT2D eigenvalue weighted by atomic mass is 10.2. The molecule has 0 radical (unpaired) electrons. The Hall–Kier alpha value is -2.16. The van der Waals surface area contributed by atoms with Crippen LogP contribution in [0, 0.1) is 6.92 Å². The van der Waals surface area contributed by atoms with Gasteiger partial charge in [0.15, 0.2) is 0 Å². The number of anilines is 1. The molecule has 0 unspecified atom stereocenters. The highest BCUT2D eigenvalue weighted by Gasteiger charge is 1.97. The van der Waals surface area contributed by atoms with Gasteiger partial charge in [-0.05, 0) is 37.6 Å². The van der Waals surface area contributed by atoms with Gasteiger partial charge in [0, 0.05) is 18.0 Å². The summed E-state index contributed by atoms with van der Waals surface area (Å²) < 4.78 is 0. The monoisotopic (exact) mass is 225 g/mol. The van der Waals surface area contributed by atoms with Gasteiger partial charge < -0.3 is 0 Å². The Labute approximate surface area is 101 Å². The van der Waals surface area contributed by atoms with E-state index < -0.39 is 0 Å². The van der Waals surface area contributed by atoms with Crippen molar-refractivity contribution in [2.45, 2.75) is 13.8 Å². The number of hydrogen-bond donors (Lipinski definition) is 1. The second-order valence-electron chi connectivity index (χ2n) is 3.86. The number of rotatable bonds is 3. The van der Waals surface area contributed by atoms with Crippen molar-refractivity contribution >= 4 is 11.4 Å². The van der Waals surface area contributed by atoms with Crippen LogP contribution in [0.25, 0.3) is 0 Å². The van der Waals surface area contributed by atoms with Crippen LogP contribution in [0.15, 0.2) is 53.9 Å². The molecule has 3 heteroatoms. The molecule has 0 fully saturated rings. The van der Waals surface area contributed by atoms with Gasteiger partial charge in [0.05, 0.1) is 11.4 Å². The predicted molar refractivity (Wildman–Crippen MR) is 71.2 cm³/mol. The standard InChI is InChI=1S/C14H15N3/c1-11-5-3-4-6-14(11)17-16-12(2)13-7-9-15-10-8-13/h3-10,17H,1-2H3/b16-12-. The zero-order valence-electron chi connectivity index (χ0n) is 10.0. The number of benzene rings is 1. The normalized spacial score (nSPS) is 11.3. The SMILES string of the molecule is C/C(=N/Nc1ccccc1C)c1ccncc1. The maximum Gasteiger partial charge on any atom is 0.0649 e. The number of pyridine rings is 1. The second kappa shape index (κ2) is 5.25. The van der Waals surface area contributed by atoms with E-state index >= 15 is 0 Å². The molecule has 2 rings (SSSR count). The first-order valence-corrected chi connectivity index (χ1v) is 5.53. The van der Waals surface area contributed by atoms with E-state index in [0.29, 0.717) is 0 Å². The average Bonchev–Trinajstić information content (AvgIpc) is 2.38. The van der Waals surface area contributed by atoms with Crippen LogP contribution >= 0.6 is 0 Å². The number of para-hydroxylation sites is 1. The summed E-state index contributed by atoms with van der Waals surface area (Å²) in [7, 11) is 0. The molecule has 0 atom stereocenters. The van der Waals surface area contributed by atoms with Gasteiger partial charge in [-0.15, -0.1) is 0 Å². The van der Waals surface area contributed by atoms with Gasteiger partial charge >= 0.3 is 0 Å². The Balaban J connectivity index is 2.14. The van der Waals surface area contributed by atoms with Crippen molar-refractivity contribution in [1.29, 1.82) is 0 Å². The molecular formula is C14H15N3. The van der Waals surface area contributed by atoms with Crippen LogP contribution in [0.1, 0.15) is 18.1 Å². The zero-order valence-corrected chi connectivity index (χ0v) is 10.0. The van der Waals surface area contributed by atoms with Gasteiger partial charge in [0.1, 0.15) is 0 Å². The molecule has 0 saturated heterocycles. The van der Waals surface area contributed by atoms with E-state index in [4.69, 9.17) is 0 Å². The minimum Gasteiger partial charge on any atom is -0.278 e. The Bertz CT molecular complexity index is 518. The van der Waals surface area contributed by atoms with Crippen LogP contribution in [-0.4, -0.2) is 10.7 Å². The lowest BCUT2D eigenvalue weighted by Crippen LogP contribution is -2.00. The largest absolute Gasteiger partial charge is 0.278 e. The molecule has 0 aliphatic rings. The summed E-state index contributed by atoms with van der Waals surface area (Å²) in [4.78, 5) is 3.98. The quantitative estimate of drug-likeness (QED) is 0.643. The molecule has 0 aliphatic heterocycles. The fourth-order valence-electron chi connectivity index (χ4n) is 1.50. The van der Waals surface area contributed by atoms with Crippen molar-refractivity contribution in [2.24, 2.45) is 5.10 Å². The predicted octanol–water partition coefficient (Wildman–Crippen LogP) is 3.23. The summed E-state index contributed by atoms with van der Waals surface area (Å²) in [5, 5.41) is 4.36. The third-order valence-corrected chi connectivity index (χ3v) is 2.59. The second-order valence-corrected chi connectivity index (χ2v) is 3.86. The Morgan fingerprint density at radius 3 is 2.53 bits per heavy atom. The van der Waals surface area contributed by atoms with E-state index in [1.807, 2.05) is 37.3 Å². The fourth-order valence-corrected chi connectivity index (χ4v) is 1.50. The number of hydrazone groups is 1. The molecule has 2 aromatic rings. The van der Waals surface area contributed by atoms with Gasteiger partial charge in [-0.25, -0.2) is 0 Å². The summed E-state index contributed by atoms with van der Waals surface area (Å²) in [5.74, 6) is 0. The summed E-state index contributed by atoms with van der Waals surface area (Å²) >= 11 is 0. The molecule has 0 bridgehead atoms. The maximum absolute atomic E-state index is 4.36. The molecule has 0 aliphatic carbocycles. The topological polar surface area (TPSA) is 37.3 Å². The first-order chi connectivity index (χ1) is 8.27. The van der Waals surface area contributed by atoms with Gasteiger partial charge in [-0.3, -0.25) is 10.4 Å². The number of aryl methyl sites for hydroxylation is 1. The Morgan fingerprint density at radius 2 is 1.82 bits per heavy atom. The molecular weight excluding hydrogens is 210 g/mol. The molecule has 0 amide bonds. The summed E-state index contributed by atoms with van der Waals surface area (Å²) in [6, 6.07) is 12.0. The minimum absolute atomic E-state index is 0.940. The maximum atomic E-state index is 4.36. The molecule has 17 heavy (non-hydrogen) atoms. The Kier molecular flexibility index (Phi) is 3.50. The van der Waals surface area contributed by atoms with Gasteiger partial charge in [0.25, 0.3) is 0 Å².